The molecule has 0 radical (unpaired) electrons. The van der Waals surface area contributed by atoms with Gasteiger partial charge < -0.3 is 10.2 Å². The Morgan fingerprint density at radius 3 is 2.63 bits per heavy atom. The summed E-state index contributed by atoms with van der Waals surface area (Å²) >= 11 is 0. The first kappa shape index (κ1) is 14.0. The number of halogens is 1. The van der Waals surface area contributed by atoms with Crippen LogP contribution in [0.5, 0.6) is 0 Å². The molecule has 3 nitrogen and oxygen atoms in total. The summed E-state index contributed by atoms with van der Waals surface area (Å²) in [4.78, 5) is 13.7. The topological polar surface area (TPSA) is 32.3 Å². The smallest absolute Gasteiger partial charge is 0.236 e. The van der Waals surface area contributed by atoms with Gasteiger partial charge in [0, 0.05) is 19.1 Å². The van der Waals surface area contributed by atoms with Gasteiger partial charge >= 0.3 is 0 Å². The molecule has 1 atom stereocenters. The van der Waals surface area contributed by atoms with Crippen molar-refractivity contribution in [2.45, 2.75) is 38.3 Å². The van der Waals surface area contributed by atoms with E-state index in [0.29, 0.717) is 12.6 Å². The Balaban J connectivity index is 1.73. The average molecular weight is 264 g/mol. The van der Waals surface area contributed by atoms with Gasteiger partial charge in [-0.3, -0.25) is 4.79 Å². The van der Waals surface area contributed by atoms with Crippen LogP contribution in [0.1, 0.15) is 25.3 Å². The van der Waals surface area contributed by atoms with Gasteiger partial charge in [-0.25, -0.2) is 4.39 Å². The first-order valence-electron chi connectivity index (χ1n) is 6.79. The van der Waals surface area contributed by atoms with Crippen molar-refractivity contribution in [1.29, 1.82) is 0 Å². The number of hydrogen-bond acceptors (Lipinski definition) is 2. The Kier molecular flexibility index (Phi) is 4.53. The number of amides is 1. The number of likely N-dealkylation sites (N-methyl/N-ethyl adjacent to an activating group) is 1. The number of nitrogens with one attached hydrogen (secondary N) is 1. The summed E-state index contributed by atoms with van der Waals surface area (Å²) in [5, 5.41) is 3.22. The average Bonchev–Trinajstić information content (AvgIpc) is 3.22. The van der Waals surface area contributed by atoms with Crippen LogP contribution in [0, 0.1) is 5.82 Å². The molecule has 0 aliphatic heterocycles. The molecule has 1 aliphatic carbocycles. The molecular weight excluding hydrogens is 243 g/mol. The first-order chi connectivity index (χ1) is 9.06. The molecule has 1 saturated carbocycles. The lowest BCUT2D eigenvalue weighted by atomic mass is 10.1. The van der Waals surface area contributed by atoms with Crippen LogP contribution in [0.4, 0.5) is 4.39 Å². The third-order valence-electron chi connectivity index (χ3n) is 3.54. The van der Waals surface area contributed by atoms with Crippen LogP contribution in [0.15, 0.2) is 24.3 Å². The lowest BCUT2D eigenvalue weighted by Crippen LogP contribution is -2.40. The Hall–Kier alpha value is -1.42. The Labute approximate surface area is 113 Å². The van der Waals surface area contributed by atoms with E-state index < -0.39 is 0 Å². The fourth-order valence-electron chi connectivity index (χ4n) is 2.10. The number of hydrogen-bond donors (Lipinski definition) is 1. The Morgan fingerprint density at radius 1 is 1.42 bits per heavy atom. The van der Waals surface area contributed by atoms with Crippen molar-refractivity contribution in [1.82, 2.24) is 10.2 Å². The third kappa shape index (κ3) is 4.31. The van der Waals surface area contributed by atoms with E-state index in [1.807, 2.05) is 18.9 Å². The number of rotatable bonds is 6. The molecule has 19 heavy (non-hydrogen) atoms. The fraction of sp³-hybridized carbons (Fsp3) is 0.533. The van der Waals surface area contributed by atoms with Gasteiger partial charge in [0.15, 0.2) is 0 Å². The first-order valence-corrected chi connectivity index (χ1v) is 6.79. The monoisotopic (exact) mass is 264 g/mol. The summed E-state index contributed by atoms with van der Waals surface area (Å²) in [5.41, 5.74) is 1.07. The van der Waals surface area contributed by atoms with E-state index in [1.54, 1.807) is 12.1 Å². The third-order valence-corrected chi connectivity index (χ3v) is 3.54. The van der Waals surface area contributed by atoms with E-state index in [4.69, 9.17) is 0 Å². The van der Waals surface area contributed by atoms with Gasteiger partial charge in [0.1, 0.15) is 5.82 Å². The summed E-state index contributed by atoms with van der Waals surface area (Å²) in [5.74, 6) is -0.0703. The fourth-order valence-corrected chi connectivity index (χ4v) is 2.10. The summed E-state index contributed by atoms with van der Waals surface area (Å²) in [6.45, 7) is 2.41. The second-order valence-electron chi connectivity index (χ2n) is 5.35. The maximum Gasteiger partial charge on any atom is 0.236 e. The van der Waals surface area contributed by atoms with Crippen LogP contribution in [-0.4, -0.2) is 36.5 Å². The van der Waals surface area contributed by atoms with Gasteiger partial charge in [-0.15, -0.1) is 0 Å². The highest BCUT2D eigenvalue weighted by atomic mass is 19.1. The molecule has 0 saturated heterocycles. The van der Waals surface area contributed by atoms with Crippen molar-refractivity contribution >= 4 is 5.91 Å². The van der Waals surface area contributed by atoms with Crippen LogP contribution in [0.25, 0.3) is 0 Å². The van der Waals surface area contributed by atoms with Crippen molar-refractivity contribution < 1.29 is 9.18 Å². The zero-order valence-corrected chi connectivity index (χ0v) is 11.5. The predicted octanol–water partition coefficient (Wildman–Crippen LogP) is 1.97. The summed E-state index contributed by atoms with van der Waals surface area (Å²) < 4.78 is 12.8. The second kappa shape index (κ2) is 6.15. The van der Waals surface area contributed by atoms with Crippen LogP contribution < -0.4 is 5.32 Å². The van der Waals surface area contributed by atoms with Gasteiger partial charge in [-0.05, 0) is 43.9 Å². The molecule has 1 amide bonds. The second-order valence-corrected chi connectivity index (χ2v) is 5.35. The maximum atomic E-state index is 12.8. The van der Waals surface area contributed by atoms with Gasteiger partial charge in [0.05, 0.1) is 6.54 Å². The van der Waals surface area contributed by atoms with Crippen LogP contribution in [-0.2, 0) is 11.2 Å². The highest BCUT2D eigenvalue weighted by Crippen LogP contribution is 2.25. The highest BCUT2D eigenvalue weighted by Gasteiger charge is 2.29. The van der Waals surface area contributed by atoms with Gasteiger partial charge in [0.25, 0.3) is 0 Å². The minimum Gasteiger partial charge on any atom is -0.342 e. The molecule has 1 aliphatic rings. The quantitative estimate of drug-likeness (QED) is 0.852. The molecule has 1 fully saturated rings. The molecule has 2 rings (SSSR count). The lowest BCUT2D eigenvalue weighted by Gasteiger charge is -2.19. The molecule has 0 aromatic heterocycles. The molecule has 0 bridgehead atoms. The van der Waals surface area contributed by atoms with E-state index in [-0.39, 0.29) is 17.8 Å². The molecule has 0 heterocycles. The predicted molar refractivity (Wildman–Crippen MR) is 73.4 cm³/mol. The van der Waals surface area contributed by atoms with Crippen molar-refractivity contribution in [3.8, 4) is 0 Å². The lowest BCUT2D eigenvalue weighted by molar-refractivity contribution is -0.129. The van der Waals surface area contributed by atoms with Gasteiger partial charge in [-0.1, -0.05) is 12.1 Å². The van der Waals surface area contributed by atoms with E-state index in [9.17, 15) is 9.18 Å². The molecule has 4 heteroatoms. The van der Waals surface area contributed by atoms with E-state index in [1.165, 1.54) is 12.1 Å². The van der Waals surface area contributed by atoms with E-state index >= 15 is 0 Å². The SMILES string of the molecule is CC(Cc1ccc(F)cc1)NCC(=O)N(C)C1CC1. The number of nitrogens with zero attached hydrogens (tertiary/aromatic N) is 1. The van der Waals surface area contributed by atoms with Gasteiger partial charge in [0.2, 0.25) is 5.91 Å². The van der Waals surface area contributed by atoms with Crippen LogP contribution >= 0.6 is 0 Å². The van der Waals surface area contributed by atoms with E-state index in [2.05, 4.69) is 5.32 Å². The van der Waals surface area contributed by atoms with Gasteiger partial charge in [-0.2, -0.15) is 0 Å². The minimum absolute atomic E-state index is 0.147. The van der Waals surface area contributed by atoms with Crippen LogP contribution in [0.3, 0.4) is 0 Å². The van der Waals surface area contributed by atoms with Crippen molar-refractivity contribution in [2.24, 2.45) is 0 Å². The molecule has 1 unspecified atom stereocenters. The Bertz CT molecular complexity index is 428. The molecule has 1 aromatic carbocycles. The Morgan fingerprint density at radius 2 is 2.05 bits per heavy atom. The standard InChI is InChI=1S/C15H21FN2O/c1-11(9-12-3-5-13(16)6-4-12)17-10-15(19)18(2)14-7-8-14/h3-6,11,14,17H,7-10H2,1-2H3. The summed E-state index contributed by atoms with van der Waals surface area (Å²) in [6, 6.07) is 7.16. The molecular formula is C15H21FN2O. The van der Waals surface area contributed by atoms with Crippen molar-refractivity contribution in [2.75, 3.05) is 13.6 Å². The summed E-state index contributed by atoms with van der Waals surface area (Å²) in [7, 11) is 1.87. The minimum atomic E-state index is -0.217. The van der Waals surface area contributed by atoms with Crippen LogP contribution in [0.2, 0.25) is 0 Å². The highest BCUT2D eigenvalue weighted by molar-refractivity contribution is 5.78. The number of benzene rings is 1. The maximum absolute atomic E-state index is 12.8. The zero-order chi connectivity index (χ0) is 13.8. The normalized spacial score (nSPS) is 16.2. The van der Waals surface area contributed by atoms with E-state index in [0.717, 1.165) is 24.8 Å². The molecule has 1 aromatic rings. The van der Waals surface area contributed by atoms with Crippen molar-refractivity contribution in [3.63, 3.8) is 0 Å². The number of carbonyl (C=O) groups is 1. The molecule has 104 valence electrons. The molecule has 0 spiro atoms. The zero-order valence-electron chi connectivity index (χ0n) is 11.5. The number of carbonyl (C=O) groups excluding carboxylic acids is 1. The summed E-state index contributed by atoms with van der Waals surface area (Å²) in [6.07, 6.45) is 3.06. The largest absolute Gasteiger partial charge is 0.342 e. The van der Waals surface area contributed by atoms with Crippen molar-refractivity contribution in [3.05, 3.63) is 35.6 Å². The molecule has 1 N–H and O–H groups in total.